The van der Waals surface area contributed by atoms with Gasteiger partial charge in [0.05, 0.1) is 6.61 Å². The Balaban J connectivity index is 3.78. The largest absolute Gasteiger partial charge is 0.464 e. The Kier molecular flexibility index (Phi) is 10.2. The molecule has 0 saturated heterocycles. The highest BCUT2D eigenvalue weighted by Crippen LogP contribution is 2.13. The third kappa shape index (κ3) is 8.19. The first-order valence-electron chi connectivity index (χ1n) is 7.07. The fourth-order valence-electron chi connectivity index (χ4n) is 1.75. The van der Waals surface area contributed by atoms with E-state index in [1.165, 1.54) is 12.8 Å². The van der Waals surface area contributed by atoms with Gasteiger partial charge >= 0.3 is 5.97 Å². The molecule has 2 N–H and O–H groups in total. The second-order valence-electron chi connectivity index (χ2n) is 4.80. The highest BCUT2D eigenvalue weighted by Gasteiger charge is 2.16. The average molecular weight is 243 g/mol. The summed E-state index contributed by atoms with van der Waals surface area (Å²) in [7, 11) is 0. The number of hydrogen-bond acceptors (Lipinski definition) is 3. The van der Waals surface area contributed by atoms with E-state index in [1.807, 2.05) is 0 Å². The zero-order valence-electron chi connectivity index (χ0n) is 11.7. The number of nitrogens with two attached hydrogens (primary N) is 1. The van der Waals surface area contributed by atoms with Crippen LogP contribution in [0.2, 0.25) is 0 Å². The fourth-order valence-corrected chi connectivity index (χ4v) is 1.75. The molecule has 0 aliphatic rings. The van der Waals surface area contributed by atoms with Crippen LogP contribution < -0.4 is 5.73 Å². The quantitative estimate of drug-likeness (QED) is 0.599. The normalized spacial score (nSPS) is 14.4. The van der Waals surface area contributed by atoms with Gasteiger partial charge in [-0.3, -0.25) is 4.79 Å². The molecular weight excluding hydrogens is 214 g/mol. The van der Waals surface area contributed by atoms with E-state index in [0.717, 1.165) is 32.1 Å². The molecule has 0 saturated carbocycles. The molecule has 0 fully saturated rings. The molecule has 0 aromatic rings. The summed E-state index contributed by atoms with van der Waals surface area (Å²) in [5.41, 5.74) is 5.76. The van der Waals surface area contributed by atoms with Crippen molar-refractivity contribution >= 4 is 5.97 Å². The van der Waals surface area contributed by atoms with Crippen molar-refractivity contribution in [3.05, 3.63) is 0 Å². The van der Waals surface area contributed by atoms with Gasteiger partial charge in [0.15, 0.2) is 0 Å². The zero-order valence-corrected chi connectivity index (χ0v) is 11.7. The van der Waals surface area contributed by atoms with Crippen molar-refractivity contribution < 1.29 is 9.53 Å². The van der Waals surface area contributed by atoms with Crippen LogP contribution in [-0.4, -0.2) is 18.6 Å². The van der Waals surface area contributed by atoms with Crippen LogP contribution in [0.4, 0.5) is 0 Å². The van der Waals surface area contributed by atoms with Crippen LogP contribution in [-0.2, 0) is 9.53 Å². The maximum absolute atomic E-state index is 11.6. The van der Waals surface area contributed by atoms with E-state index in [4.69, 9.17) is 10.5 Å². The first-order valence-corrected chi connectivity index (χ1v) is 7.07. The second-order valence-corrected chi connectivity index (χ2v) is 4.80. The van der Waals surface area contributed by atoms with E-state index in [9.17, 15) is 4.79 Å². The van der Waals surface area contributed by atoms with Gasteiger partial charge in [-0.05, 0) is 18.8 Å². The predicted molar refractivity (Wildman–Crippen MR) is 71.8 cm³/mol. The molecule has 2 atom stereocenters. The number of ether oxygens (including phenoxy) is 1. The summed E-state index contributed by atoms with van der Waals surface area (Å²) in [6.45, 7) is 6.95. The van der Waals surface area contributed by atoms with Gasteiger partial charge in [0.1, 0.15) is 6.04 Å². The lowest BCUT2D eigenvalue weighted by Gasteiger charge is -2.16. The van der Waals surface area contributed by atoms with Crippen LogP contribution in [0.25, 0.3) is 0 Å². The topological polar surface area (TPSA) is 52.3 Å². The fraction of sp³-hybridized carbons (Fsp3) is 0.929. The molecule has 0 heterocycles. The summed E-state index contributed by atoms with van der Waals surface area (Å²) in [6, 6.07) is -0.432. The maximum Gasteiger partial charge on any atom is 0.322 e. The van der Waals surface area contributed by atoms with Gasteiger partial charge in [-0.25, -0.2) is 0 Å². The minimum atomic E-state index is -0.432. The molecule has 3 nitrogen and oxygen atoms in total. The summed E-state index contributed by atoms with van der Waals surface area (Å²) in [6.07, 6.45) is 7.40. The van der Waals surface area contributed by atoms with Gasteiger partial charge in [-0.1, -0.05) is 52.9 Å². The van der Waals surface area contributed by atoms with E-state index in [1.54, 1.807) is 0 Å². The van der Waals surface area contributed by atoms with Crippen LogP contribution in [0.15, 0.2) is 0 Å². The van der Waals surface area contributed by atoms with Crippen LogP contribution in [0.5, 0.6) is 0 Å². The molecule has 3 heteroatoms. The summed E-state index contributed by atoms with van der Waals surface area (Å²) in [4.78, 5) is 11.6. The summed E-state index contributed by atoms with van der Waals surface area (Å²) < 4.78 is 5.29. The molecule has 0 aliphatic heterocycles. The molecular formula is C14H29NO2. The Bertz CT molecular complexity index is 195. The van der Waals surface area contributed by atoms with E-state index >= 15 is 0 Å². The number of esters is 1. The van der Waals surface area contributed by atoms with E-state index < -0.39 is 6.04 Å². The average Bonchev–Trinajstić information content (AvgIpc) is 2.35. The lowest BCUT2D eigenvalue weighted by atomic mass is 10.0. The number of hydrogen-bond donors (Lipinski definition) is 1. The van der Waals surface area contributed by atoms with Crippen LogP contribution in [0.1, 0.15) is 65.7 Å². The molecule has 0 spiro atoms. The predicted octanol–water partition coefficient (Wildman–Crippen LogP) is 3.26. The SMILES string of the molecule is CCCCC(CC)COC(=O)[C@@H](N)CCCC. The first kappa shape index (κ1) is 16.4. The van der Waals surface area contributed by atoms with Gasteiger partial charge in [0.2, 0.25) is 0 Å². The molecule has 0 aliphatic carbocycles. The Morgan fingerprint density at radius 2 is 1.71 bits per heavy atom. The van der Waals surface area contributed by atoms with Gasteiger partial charge in [-0.15, -0.1) is 0 Å². The van der Waals surface area contributed by atoms with Crippen molar-refractivity contribution in [3.63, 3.8) is 0 Å². The van der Waals surface area contributed by atoms with Crippen molar-refractivity contribution in [2.24, 2.45) is 11.7 Å². The Morgan fingerprint density at radius 3 is 2.24 bits per heavy atom. The molecule has 17 heavy (non-hydrogen) atoms. The van der Waals surface area contributed by atoms with E-state index in [2.05, 4.69) is 20.8 Å². The lowest BCUT2D eigenvalue weighted by molar-refractivity contribution is -0.146. The number of carbonyl (C=O) groups excluding carboxylic acids is 1. The Morgan fingerprint density at radius 1 is 1.12 bits per heavy atom. The highest BCUT2D eigenvalue weighted by atomic mass is 16.5. The van der Waals surface area contributed by atoms with Crippen LogP contribution in [0, 0.1) is 5.92 Å². The van der Waals surface area contributed by atoms with Crippen molar-refractivity contribution in [1.82, 2.24) is 0 Å². The van der Waals surface area contributed by atoms with Gasteiger partial charge in [-0.2, -0.15) is 0 Å². The first-order chi connectivity index (χ1) is 8.15. The monoisotopic (exact) mass is 243 g/mol. The third-order valence-electron chi connectivity index (χ3n) is 3.18. The molecule has 0 aromatic carbocycles. The third-order valence-corrected chi connectivity index (χ3v) is 3.18. The van der Waals surface area contributed by atoms with Crippen molar-refractivity contribution in [2.75, 3.05) is 6.61 Å². The smallest absolute Gasteiger partial charge is 0.322 e. The van der Waals surface area contributed by atoms with Crippen LogP contribution in [0.3, 0.4) is 0 Å². The van der Waals surface area contributed by atoms with Gasteiger partial charge < -0.3 is 10.5 Å². The second kappa shape index (κ2) is 10.6. The Hall–Kier alpha value is -0.570. The summed E-state index contributed by atoms with van der Waals surface area (Å²) >= 11 is 0. The zero-order chi connectivity index (χ0) is 13.1. The molecule has 102 valence electrons. The molecule has 0 radical (unpaired) electrons. The highest BCUT2D eigenvalue weighted by molar-refractivity contribution is 5.75. The number of rotatable bonds is 10. The minimum absolute atomic E-state index is 0.228. The summed E-state index contributed by atoms with van der Waals surface area (Å²) in [5, 5.41) is 0. The standard InChI is InChI=1S/C14H29NO2/c1-4-7-9-12(6-3)11-17-14(16)13(15)10-8-5-2/h12-13H,4-11,15H2,1-3H3/t12?,13-/m0/s1. The molecule has 0 bridgehead atoms. The van der Waals surface area contributed by atoms with E-state index in [-0.39, 0.29) is 5.97 Å². The summed E-state index contributed by atoms with van der Waals surface area (Å²) in [5.74, 6) is 0.269. The van der Waals surface area contributed by atoms with Gasteiger partial charge in [0.25, 0.3) is 0 Å². The number of carbonyl (C=O) groups is 1. The molecule has 0 amide bonds. The Labute approximate surface area is 106 Å². The number of unbranched alkanes of at least 4 members (excludes halogenated alkanes) is 2. The lowest BCUT2D eigenvalue weighted by Crippen LogP contribution is -2.33. The van der Waals surface area contributed by atoms with Gasteiger partial charge in [0, 0.05) is 0 Å². The van der Waals surface area contributed by atoms with Crippen molar-refractivity contribution in [2.45, 2.75) is 71.8 Å². The van der Waals surface area contributed by atoms with Crippen molar-refractivity contribution in [3.8, 4) is 0 Å². The molecule has 0 rings (SSSR count). The molecule has 0 aromatic heterocycles. The minimum Gasteiger partial charge on any atom is -0.464 e. The maximum atomic E-state index is 11.6. The molecule has 1 unspecified atom stereocenters. The van der Waals surface area contributed by atoms with Crippen molar-refractivity contribution in [1.29, 1.82) is 0 Å². The van der Waals surface area contributed by atoms with E-state index in [0.29, 0.717) is 12.5 Å². The van der Waals surface area contributed by atoms with Crippen LogP contribution >= 0.6 is 0 Å².